The first-order valence-corrected chi connectivity index (χ1v) is 9.78. The van der Waals surface area contributed by atoms with Gasteiger partial charge in [0.05, 0.1) is 12.4 Å². The quantitative estimate of drug-likeness (QED) is 0.437. The molecule has 1 N–H and O–H groups in total. The summed E-state index contributed by atoms with van der Waals surface area (Å²) in [4.78, 5) is 12.9. The Balaban J connectivity index is 1.43. The zero-order chi connectivity index (χ0) is 20.2. The number of fused-ring (bicyclic) bond motifs is 1. The Bertz CT molecular complexity index is 1140. The number of nitrogens with zero attached hydrogens (tertiary/aromatic N) is 2. The summed E-state index contributed by atoms with van der Waals surface area (Å²) in [6.45, 7) is 2.41. The third kappa shape index (κ3) is 4.40. The van der Waals surface area contributed by atoms with Gasteiger partial charge in [0.2, 0.25) is 5.91 Å². The van der Waals surface area contributed by atoms with Gasteiger partial charge in [-0.3, -0.25) is 10.1 Å². The van der Waals surface area contributed by atoms with Crippen molar-refractivity contribution < 1.29 is 22.8 Å². The number of hydrogen-bond donors (Lipinski definition) is 1. The molecule has 1 amide bonds. The van der Waals surface area contributed by atoms with Crippen LogP contribution in [0, 0.1) is 5.82 Å². The smallest absolute Gasteiger partial charge is 0.322 e. The molecule has 9 heteroatoms. The van der Waals surface area contributed by atoms with Gasteiger partial charge in [0.25, 0.3) is 5.89 Å². The molecule has 0 aliphatic carbocycles. The van der Waals surface area contributed by atoms with Gasteiger partial charge < -0.3 is 13.6 Å². The van der Waals surface area contributed by atoms with E-state index in [1.54, 1.807) is 18.2 Å². The van der Waals surface area contributed by atoms with E-state index in [4.69, 9.17) is 13.6 Å². The van der Waals surface area contributed by atoms with Crippen molar-refractivity contribution in [3.05, 3.63) is 54.3 Å². The van der Waals surface area contributed by atoms with Gasteiger partial charge in [-0.25, -0.2) is 4.39 Å². The standard InChI is InChI=1S/C20H16FN3O4S/c1-2-26-15-5-3-4-12-10-16(27-18(12)15)19-23-24-20(28-19)22-17(25)11-29-14-8-6-13(21)7-9-14/h3-10H,2,11H2,1H3,(H,22,24,25). The van der Waals surface area contributed by atoms with Crippen LogP contribution in [0.2, 0.25) is 0 Å². The normalized spacial score (nSPS) is 11.0. The Labute approximate surface area is 169 Å². The molecule has 0 unspecified atom stereocenters. The number of carbonyl (C=O) groups excluding carboxylic acids is 1. The number of nitrogens with one attached hydrogen (secondary N) is 1. The van der Waals surface area contributed by atoms with Crippen molar-refractivity contribution in [2.24, 2.45) is 0 Å². The summed E-state index contributed by atoms with van der Waals surface area (Å²) in [6, 6.07) is 13.2. The maximum atomic E-state index is 12.9. The van der Waals surface area contributed by atoms with Crippen LogP contribution in [0.4, 0.5) is 10.4 Å². The number of ether oxygens (including phenoxy) is 1. The Morgan fingerprint density at radius 1 is 1.17 bits per heavy atom. The molecule has 0 aliphatic rings. The molecule has 29 heavy (non-hydrogen) atoms. The van der Waals surface area contributed by atoms with E-state index < -0.39 is 0 Å². The van der Waals surface area contributed by atoms with Crippen LogP contribution >= 0.6 is 11.8 Å². The first-order chi connectivity index (χ1) is 14.1. The summed E-state index contributed by atoms with van der Waals surface area (Å²) in [7, 11) is 0. The number of thioether (sulfide) groups is 1. The first-order valence-electron chi connectivity index (χ1n) is 8.80. The number of furan rings is 1. The third-order valence-corrected chi connectivity index (χ3v) is 4.89. The predicted molar refractivity (Wildman–Crippen MR) is 106 cm³/mol. The lowest BCUT2D eigenvalue weighted by Crippen LogP contribution is -2.14. The molecular formula is C20H16FN3O4S. The fourth-order valence-electron chi connectivity index (χ4n) is 2.62. The highest BCUT2D eigenvalue weighted by Gasteiger charge is 2.17. The number of aromatic nitrogens is 2. The summed E-state index contributed by atoms with van der Waals surface area (Å²) >= 11 is 1.27. The number of anilines is 1. The fourth-order valence-corrected chi connectivity index (χ4v) is 3.32. The number of rotatable bonds is 7. The Kier molecular flexibility index (Phi) is 5.48. The second-order valence-electron chi connectivity index (χ2n) is 5.92. The molecule has 4 rings (SSSR count). The summed E-state index contributed by atoms with van der Waals surface area (Å²) in [6.07, 6.45) is 0. The molecule has 148 valence electrons. The molecule has 0 aliphatic heterocycles. The Hall–Kier alpha value is -3.33. The van der Waals surface area contributed by atoms with Crippen molar-refractivity contribution in [1.82, 2.24) is 10.2 Å². The maximum absolute atomic E-state index is 12.9. The van der Waals surface area contributed by atoms with Crippen LogP contribution in [0.3, 0.4) is 0 Å². The average Bonchev–Trinajstić information content (AvgIpc) is 3.35. The highest BCUT2D eigenvalue weighted by atomic mass is 32.2. The molecule has 0 radical (unpaired) electrons. The van der Waals surface area contributed by atoms with Crippen molar-refractivity contribution in [2.75, 3.05) is 17.7 Å². The second-order valence-corrected chi connectivity index (χ2v) is 6.97. The lowest BCUT2D eigenvalue weighted by Gasteiger charge is -2.02. The van der Waals surface area contributed by atoms with E-state index in [1.807, 2.05) is 25.1 Å². The van der Waals surface area contributed by atoms with Crippen molar-refractivity contribution in [3.63, 3.8) is 0 Å². The molecule has 0 saturated heterocycles. The minimum atomic E-state index is -0.323. The highest BCUT2D eigenvalue weighted by molar-refractivity contribution is 8.00. The molecule has 0 atom stereocenters. The third-order valence-electron chi connectivity index (χ3n) is 3.87. The van der Waals surface area contributed by atoms with Crippen LogP contribution in [-0.4, -0.2) is 28.5 Å². The average molecular weight is 413 g/mol. The van der Waals surface area contributed by atoms with Gasteiger partial charge >= 0.3 is 6.01 Å². The van der Waals surface area contributed by atoms with Crippen molar-refractivity contribution in [3.8, 4) is 17.4 Å². The number of halogens is 1. The van der Waals surface area contributed by atoms with E-state index in [9.17, 15) is 9.18 Å². The molecular weight excluding hydrogens is 397 g/mol. The van der Waals surface area contributed by atoms with Gasteiger partial charge in [-0.05, 0) is 43.3 Å². The lowest BCUT2D eigenvalue weighted by atomic mass is 10.2. The van der Waals surface area contributed by atoms with Gasteiger partial charge in [-0.15, -0.1) is 16.9 Å². The molecule has 4 aromatic rings. The molecule has 2 aromatic carbocycles. The molecule has 0 spiro atoms. The summed E-state index contributed by atoms with van der Waals surface area (Å²) in [5.41, 5.74) is 0.587. The van der Waals surface area contributed by atoms with Crippen molar-refractivity contribution in [1.29, 1.82) is 0 Å². The number of para-hydroxylation sites is 1. The molecule has 0 bridgehead atoms. The second kappa shape index (κ2) is 8.36. The largest absolute Gasteiger partial charge is 0.490 e. The van der Waals surface area contributed by atoms with Gasteiger partial charge in [-0.2, -0.15) is 0 Å². The first kappa shape index (κ1) is 19.0. The number of carbonyl (C=O) groups is 1. The SMILES string of the molecule is CCOc1cccc2cc(-c3nnc(NC(=O)CSc4ccc(F)cc4)o3)oc12. The lowest BCUT2D eigenvalue weighted by molar-refractivity contribution is -0.113. The van der Waals surface area contributed by atoms with E-state index in [2.05, 4.69) is 15.5 Å². The van der Waals surface area contributed by atoms with Crippen LogP contribution in [0.25, 0.3) is 22.6 Å². The topological polar surface area (TPSA) is 90.4 Å². The summed E-state index contributed by atoms with van der Waals surface area (Å²) in [5, 5.41) is 11.1. The zero-order valence-corrected chi connectivity index (χ0v) is 16.2. The molecule has 0 fully saturated rings. The molecule has 7 nitrogen and oxygen atoms in total. The Morgan fingerprint density at radius 3 is 2.79 bits per heavy atom. The van der Waals surface area contributed by atoms with Crippen LogP contribution in [-0.2, 0) is 4.79 Å². The van der Waals surface area contributed by atoms with E-state index in [1.165, 1.54) is 23.9 Å². The minimum absolute atomic E-state index is 0.0322. The predicted octanol–water partition coefficient (Wildman–Crippen LogP) is 4.75. The van der Waals surface area contributed by atoms with Gasteiger partial charge in [0.1, 0.15) is 5.82 Å². The number of benzene rings is 2. The van der Waals surface area contributed by atoms with Crippen LogP contribution < -0.4 is 10.1 Å². The van der Waals surface area contributed by atoms with Crippen LogP contribution in [0.15, 0.2) is 62.3 Å². The van der Waals surface area contributed by atoms with Gasteiger partial charge in [0.15, 0.2) is 17.1 Å². The van der Waals surface area contributed by atoms with Gasteiger partial charge in [-0.1, -0.05) is 17.2 Å². The fraction of sp³-hybridized carbons (Fsp3) is 0.150. The highest BCUT2D eigenvalue weighted by Crippen LogP contribution is 2.33. The monoisotopic (exact) mass is 413 g/mol. The van der Waals surface area contributed by atoms with Crippen molar-refractivity contribution in [2.45, 2.75) is 11.8 Å². The molecule has 2 aromatic heterocycles. The van der Waals surface area contributed by atoms with Crippen LogP contribution in [0.5, 0.6) is 5.75 Å². The van der Waals surface area contributed by atoms with Crippen LogP contribution in [0.1, 0.15) is 6.92 Å². The number of hydrogen-bond acceptors (Lipinski definition) is 7. The van der Waals surface area contributed by atoms with E-state index in [0.717, 1.165) is 10.3 Å². The maximum Gasteiger partial charge on any atom is 0.322 e. The van der Waals surface area contributed by atoms with E-state index in [-0.39, 0.29) is 29.4 Å². The summed E-state index contributed by atoms with van der Waals surface area (Å²) < 4.78 is 29.8. The van der Waals surface area contributed by atoms with Crippen molar-refractivity contribution >= 4 is 34.7 Å². The Morgan fingerprint density at radius 2 is 2.00 bits per heavy atom. The van der Waals surface area contributed by atoms with Gasteiger partial charge in [0, 0.05) is 10.3 Å². The summed E-state index contributed by atoms with van der Waals surface area (Å²) in [5.74, 6) is 0.619. The van der Waals surface area contributed by atoms with E-state index >= 15 is 0 Å². The molecule has 2 heterocycles. The zero-order valence-electron chi connectivity index (χ0n) is 15.3. The molecule has 0 saturated carbocycles. The minimum Gasteiger partial charge on any atom is -0.490 e. The van der Waals surface area contributed by atoms with E-state index in [0.29, 0.717) is 23.7 Å². The number of amides is 1.